The van der Waals surface area contributed by atoms with E-state index < -0.39 is 0 Å². The summed E-state index contributed by atoms with van der Waals surface area (Å²) in [6.45, 7) is 14.2. The summed E-state index contributed by atoms with van der Waals surface area (Å²) in [6, 6.07) is 0. The van der Waals surface area contributed by atoms with Gasteiger partial charge in [0.05, 0.1) is 0 Å². The van der Waals surface area contributed by atoms with Crippen LogP contribution in [0.4, 0.5) is 0 Å². The second kappa shape index (κ2) is 5.56. The normalized spacial score (nSPS) is 28.6. The van der Waals surface area contributed by atoms with Crippen LogP contribution in [-0.2, 0) is 0 Å². The van der Waals surface area contributed by atoms with Crippen molar-refractivity contribution in [3.8, 4) is 0 Å². The van der Waals surface area contributed by atoms with Crippen molar-refractivity contribution in [2.45, 2.75) is 54.4 Å². The van der Waals surface area contributed by atoms with Gasteiger partial charge in [-0.05, 0) is 48.9 Å². The number of rotatable bonds is 5. The van der Waals surface area contributed by atoms with Gasteiger partial charge in [-0.3, -0.25) is 0 Å². The van der Waals surface area contributed by atoms with Crippen molar-refractivity contribution >= 4 is 0 Å². The minimum Gasteiger partial charge on any atom is -0.396 e. The predicted octanol–water partition coefficient (Wildman–Crippen LogP) is 4.27. The van der Waals surface area contributed by atoms with Crippen molar-refractivity contribution < 1.29 is 5.11 Å². The van der Waals surface area contributed by atoms with Gasteiger partial charge in [-0.25, -0.2) is 0 Å². The number of hydrogen-bond donors (Lipinski definition) is 1. The Hall–Kier alpha value is -0.300. The van der Waals surface area contributed by atoms with E-state index in [4.69, 9.17) is 0 Å². The molecule has 0 saturated carbocycles. The first-order chi connectivity index (χ1) is 7.80. The van der Waals surface area contributed by atoms with Crippen LogP contribution in [0.5, 0.6) is 0 Å². The third kappa shape index (κ3) is 3.13. The molecular formula is C16H30O. The molecule has 1 rings (SSSR count). The Kier molecular flexibility index (Phi) is 4.83. The molecule has 0 heterocycles. The van der Waals surface area contributed by atoms with Crippen molar-refractivity contribution in [1.29, 1.82) is 0 Å². The quantitative estimate of drug-likeness (QED) is 0.709. The minimum atomic E-state index is 0.319. The van der Waals surface area contributed by atoms with Crippen LogP contribution < -0.4 is 0 Å². The lowest BCUT2D eigenvalue weighted by Crippen LogP contribution is -2.28. The molecular weight excluding hydrogens is 208 g/mol. The fourth-order valence-corrected chi connectivity index (χ4v) is 3.26. The number of aliphatic hydroxyl groups is 1. The molecule has 1 aliphatic carbocycles. The maximum absolute atomic E-state index is 9.22. The lowest BCUT2D eigenvalue weighted by molar-refractivity contribution is 0.141. The van der Waals surface area contributed by atoms with E-state index in [2.05, 4.69) is 47.6 Å². The minimum absolute atomic E-state index is 0.319. The third-order valence-electron chi connectivity index (χ3n) is 5.31. The molecule has 0 bridgehead atoms. The fraction of sp³-hybridized carbons (Fsp3) is 0.875. The van der Waals surface area contributed by atoms with Gasteiger partial charge in [0.25, 0.3) is 0 Å². The molecule has 4 unspecified atom stereocenters. The SMILES string of the molecule is CC1=CCC(C(C)CC(C)C(C)CO)C1(C)C. The van der Waals surface area contributed by atoms with Gasteiger partial charge in [0.2, 0.25) is 0 Å². The third-order valence-corrected chi connectivity index (χ3v) is 5.31. The summed E-state index contributed by atoms with van der Waals surface area (Å²) in [6.07, 6.45) is 4.89. The molecule has 0 aromatic carbocycles. The molecule has 100 valence electrons. The van der Waals surface area contributed by atoms with Gasteiger partial charge in [0, 0.05) is 6.61 Å². The van der Waals surface area contributed by atoms with Crippen LogP contribution in [0.3, 0.4) is 0 Å². The van der Waals surface area contributed by atoms with E-state index in [1.165, 1.54) is 12.8 Å². The Labute approximate surface area is 107 Å². The number of aliphatic hydroxyl groups excluding tert-OH is 1. The van der Waals surface area contributed by atoms with Gasteiger partial charge in [-0.1, -0.05) is 46.3 Å². The summed E-state index contributed by atoms with van der Waals surface area (Å²) in [5, 5.41) is 9.22. The Morgan fingerprint density at radius 2 is 1.88 bits per heavy atom. The molecule has 0 aliphatic heterocycles. The van der Waals surface area contributed by atoms with Crippen LogP contribution >= 0.6 is 0 Å². The smallest absolute Gasteiger partial charge is 0.0459 e. The largest absolute Gasteiger partial charge is 0.396 e. The molecule has 1 aliphatic rings. The zero-order chi connectivity index (χ0) is 13.2. The standard InChI is InChI=1S/C16H30O/c1-11(13(3)10-17)9-12(2)15-8-7-14(4)16(15,5)6/h7,11-13,15,17H,8-10H2,1-6H3. The molecule has 0 aromatic rings. The Morgan fingerprint density at radius 3 is 2.29 bits per heavy atom. The molecule has 0 aromatic heterocycles. The Balaban J connectivity index is 2.58. The highest BCUT2D eigenvalue weighted by molar-refractivity contribution is 5.18. The van der Waals surface area contributed by atoms with Gasteiger partial charge >= 0.3 is 0 Å². The highest BCUT2D eigenvalue weighted by atomic mass is 16.3. The lowest BCUT2D eigenvalue weighted by atomic mass is 9.69. The zero-order valence-electron chi connectivity index (χ0n) is 12.5. The van der Waals surface area contributed by atoms with E-state index in [0.29, 0.717) is 23.9 Å². The first-order valence-corrected chi connectivity index (χ1v) is 7.08. The molecule has 1 nitrogen and oxygen atoms in total. The van der Waals surface area contributed by atoms with Gasteiger partial charge < -0.3 is 5.11 Å². The Morgan fingerprint density at radius 1 is 1.29 bits per heavy atom. The zero-order valence-corrected chi connectivity index (χ0v) is 12.5. The molecule has 17 heavy (non-hydrogen) atoms. The van der Waals surface area contributed by atoms with E-state index in [1.54, 1.807) is 5.57 Å². The topological polar surface area (TPSA) is 20.2 Å². The fourth-order valence-electron chi connectivity index (χ4n) is 3.26. The molecule has 0 saturated heterocycles. The molecule has 1 N–H and O–H groups in total. The van der Waals surface area contributed by atoms with Crippen molar-refractivity contribution in [2.75, 3.05) is 6.61 Å². The monoisotopic (exact) mass is 238 g/mol. The van der Waals surface area contributed by atoms with Crippen LogP contribution in [0.25, 0.3) is 0 Å². The van der Waals surface area contributed by atoms with Crippen LogP contribution in [-0.4, -0.2) is 11.7 Å². The molecule has 1 heteroatoms. The van der Waals surface area contributed by atoms with E-state index in [0.717, 1.165) is 11.8 Å². The van der Waals surface area contributed by atoms with Crippen molar-refractivity contribution in [2.24, 2.45) is 29.1 Å². The maximum Gasteiger partial charge on any atom is 0.0459 e. The molecule has 4 atom stereocenters. The van der Waals surface area contributed by atoms with E-state index in [9.17, 15) is 5.11 Å². The van der Waals surface area contributed by atoms with Crippen molar-refractivity contribution in [3.63, 3.8) is 0 Å². The average Bonchev–Trinajstić information content (AvgIpc) is 2.52. The summed E-state index contributed by atoms with van der Waals surface area (Å²) >= 11 is 0. The van der Waals surface area contributed by atoms with E-state index in [-0.39, 0.29) is 0 Å². The second-order valence-corrected chi connectivity index (χ2v) is 6.80. The van der Waals surface area contributed by atoms with Crippen molar-refractivity contribution in [1.82, 2.24) is 0 Å². The Bertz CT molecular complexity index is 277. The molecule has 0 radical (unpaired) electrons. The molecule has 0 fully saturated rings. The van der Waals surface area contributed by atoms with Crippen molar-refractivity contribution in [3.05, 3.63) is 11.6 Å². The van der Waals surface area contributed by atoms with Crippen LogP contribution in [0.2, 0.25) is 0 Å². The number of allylic oxidation sites excluding steroid dienone is 2. The molecule has 0 amide bonds. The number of hydrogen-bond acceptors (Lipinski definition) is 1. The second-order valence-electron chi connectivity index (χ2n) is 6.80. The van der Waals surface area contributed by atoms with E-state index in [1.807, 2.05) is 0 Å². The van der Waals surface area contributed by atoms with Gasteiger partial charge in [-0.2, -0.15) is 0 Å². The predicted molar refractivity (Wildman–Crippen MR) is 74.8 cm³/mol. The van der Waals surface area contributed by atoms with Crippen LogP contribution in [0.1, 0.15) is 54.4 Å². The van der Waals surface area contributed by atoms with E-state index >= 15 is 0 Å². The molecule has 0 spiro atoms. The average molecular weight is 238 g/mol. The first kappa shape index (κ1) is 14.8. The van der Waals surface area contributed by atoms with Gasteiger partial charge in [0.1, 0.15) is 0 Å². The van der Waals surface area contributed by atoms with Crippen LogP contribution in [0.15, 0.2) is 11.6 Å². The lowest BCUT2D eigenvalue weighted by Gasteiger charge is -2.36. The maximum atomic E-state index is 9.22. The first-order valence-electron chi connectivity index (χ1n) is 7.08. The summed E-state index contributed by atoms with van der Waals surface area (Å²) in [5.74, 6) is 2.56. The summed E-state index contributed by atoms with van der Waals surface area (Å²) in [7, 11) is 0. The highest BCUT2D eigenvalue weighted by Gasteiger charge is 2.38. The summed E-state index contributed by atoms with van der Waals surface area (Å²) in [5.41, 5.74) is 1.92. The summed E-state index contributed by atoms with van der Waals surface area (Å²) in [4.78, 5) is 0. The van der Waals surface area contributed by atoms with Crippen LogP contribution in [0, 0.1) is 29.1 Å². The highest BCUT2D eigenvalue weighted by Crippen LogP contribution is 2.48. The summed E-state index contributed by atoms with van der Waals surface area (Å²) < 4.78 is 0. The van der Waals surface area contributed by atoms with Gasteiger partial charge in [0.15, 0.2) is 0 Å². The van der Waals surface area contributed by atoms with Gasteiger partial charge in [-0.15, -0.1) is 0 Å².